The maximum Gasteiger partial charge on any atom is 0.317 e. The molecule has 2 saturated heterocycles. The molecule has 0 spiro atoms. The summed E-state index contributed by atoms with van der Waals surface area (Å²) in [6.45, 7) is 6.54. The van der Waals surface area contributed by atoms with E-state index in [1.54, 1.807) is 4.90 Å². The lowest BCUT2D eigenvalue weighted by molar-refractivity contribution is -0.150. The van der Waals surface area contributed by atoms with Crippen molar-refractivity contribution in [1.29, 1.82) is 0 Å². The molecule has 0 aromatic rings. The van der Waals surface area contributed by atoms with Gasteiger partial charge in [-0.3, -0.25) is 4.79 Å². The van der Waals surface area contributed by atoms with Crippen LogP contribution in [0.25, 0.3) is 0 Å². The average molecular weight is 283 g/mol. The second kappa shape index (κ2) is 5.99. The molecule has 2 rings (SSSR count). The predicted octanol–water partition coefficient (Wildman–Crippen LogP) is 0.881. The standard InChI is InChI=1S/C14H25N3O3/c1-10(2)14(12(18)19)5-8-17(9-14)13(20)16-11-3-6-15-7-4-11/h10-11,15H,3-9H2,1-2H3,(H,16,20)(H,18,19). The van der Waals surface area contributed by atoms with Gasteiger partial charge in [0, 0.05) is 19.1 Å². The Labute approximate surface area is 119 Å². The zero-order chi connectivity index (χ0) is 14.8. The van der Waals surface area contributed by atoms with Gasteiger partial charge in [-0.05, 0) is 38.3 Å². The molecule has 0 saturated carbocycles. The van der Waals surface area contributed by atoms with Crippen molar-refractivity contribution in [3.63, 3.8) is 0 Å². The van der Waals surface area contributed by atoms with Gasteiger partial charge >= 0.3 is 12.0 Å². The fraction of sp³-hybridized carbons (Fsp3) is 0.857. The lowest BCUT2D eigenvalue weighted by atomic mass is 9.76. The van der Waals surface area contributed by atoms with Gasteiger partial charge < -0.3 is 20.6 Å². The number of nitrogens with zero attached hydrogens (tertiary/aromatic N) is 1. The van der Waals surface area contributed by atoms with Crippen LogP contribution in [0.15, 0.2) is 0 Å². The maximum atomic E-state index is 12.2. The van der Waals surface area contributed by atoms with E-state index in [-0.39, 0.29) is 18.0 Å². The van der Waals surface area contributed by atoms with Crippen LogP contribution in [0.4, 0.5) is 4.79 Å². The first kappa shape index (κ1) is 15.1. The molecule has 0 aromatic carbocycles. The van der Waals surface area contributed by atoms with Crippen LogP contribution in [0.1, 0.15) is 33.1 Å². The Morgan fingerprint density at radius 1 is 1.35 bits per heavy atom. The quantitative estimate of drug-likeness (QED) is 0.718. The van der Waals surface area contributed by atoms with Crippen LogP contribution < -0.4 is 10.6 Å². The molecule has 6 nitrogen and oxygen atoms in total. The molecule has 0 bridgehead atoms. The summed E-state index contributed by atoms with van der Waals surface area (Å²) in [4.78, 5) is 25.5. The number of hydrogen-bond donors (Lipinski definition) is 3. The van der Waals surface area contributed by atoms with E-state index in [9.17, 15) is 14.7 Å². The number of carboxylic acid groups (broad SMARTS) is 1. The molecular formula is C14H25N3O3. The normalized spacial score (nSPS) is 27.9. The second-order valence-corrected chi connectivity index (χ2v) is 6.26. The molecule has 2 heterocycles. The van der Waals surface area contributed by atoms with Crippen LogP contribution >= 0.6 is 0 Å². The van der Waals surface area contributed by atoms with Crippen molar-refractivity contribution >= 4 is 12.0 Å². The number of nitrogens with one attached hydrogen (secondary N) is 2. The molecule has 114 valence electrons. The Hall–Kier alpha value is -1.30. The van der Waals surface area contributed by atoms with Gasteiger partial charge in [0.1, 0.15) is 0 Å². The molecule has 1 unspecified atom stereocenters. The highest BCUT2D eigenvalue weighted by molar-refractivity contribution is 5.80. The minimum Gasteiger partial charge on any atom is -0.481 e. The summed E-state index contributed by atoms with van der Waals surface area (Å²) in [5.74, 6) is -0.763. The fourth-order valence-corrected chi connectivity index (χ4v) is 3.13. The lowest BCUT2D eigenvalue weighted by Gasteiger charge is -2.30. The summed E-state index contributed by atoms with van der Waals surface area (Å²) in [6.07, 6.45) is 2.42. The largest absolute Gasteiger partial charge is 0.481 e. The minimum atomic E-state index is -0.787. The van der Waals surface area contributed by atoms with Crippen LogP contribution in [0, 0.1) is 11.3 Å². The fourth-order valence-electron chi connectivity index (χ4n) is 3.13. The Morgan fingerprint density at radius 2 is 2.00 bits per heavy atom. The van der Waals surface area contributed by atoms with Crippen LogP contribution in [-0.4, -0.2) is 54.2 Å². The van der Waals surface area contributed by atoms with Crippen molar-refractivity contribution < 1.29 is 14.7 Å². The van der Waals surface area contributed by atoms with E-state index < -0.39 is 11.4 Å². The first-order valence-electron chi connectivity index (χ1n) is 7.45. The summed E-state index contributed by atoms with van der Waals surface area (Å²) in [7, 11) is 0. The molecule has 3 N–H and O–H groups in total. The van der Waals surface area contributed by atoms with Crippen molar-refractivity contribution in [3.05, 3.63) is 0 Å². The van der Waals surface area contributed by atoms with Gasteiger partial charge in [-0.1, -0.05) is 13.8 Å². The van der Waals surface area contributed by atoms with Crippen LogP contribution in [0.2, 0.25) is 0 Å². The van der Waals surface area contributed by atoms with E-state index in [1.165, 1.54) is 0 Å². The summed E-state index contributed by atoms with van der Waals surface area (Å²) in [5.41, 5.74) is -0.786. The third kappa shape index (κ3) is 2.90. The van der Waals surface area contributed by atoms with Crippen LogP contribution in [-0.2, 0) is 4.79 Å². The Kier molecular flexibility index (Phi) is 4.52. The van der Waals surface area contributed by atoms with E-state index in [0.29, 0.717) is 19.5 Å². The van der Waals surface area contributed by atoms with Gasteiger partial charge in [-0.15, -0.1) is 0 Å². The van der Waals surface area contributed by atoms with Crippen LogP contribution in [0.3, 0.4) is 0 Å². The Morgan fingerprint density at radius 3 is 2.50 bits per heavy atom. The summed E-state index contributed by atoms with van der Waals surface area (Å²) in [5, 5.41) is 15.8. The smallest absolute Gasteiger partial charge is 0.317 e. The number of carboxylic acids is 1. The molecule has 1 atom stereocenters. The molecule has 0 radical (unpaired) electrons. The van der Waals surface area contributed by atoms with E-state index in [4.69, 9.17) is 0 Å². The Bertz CT molecular complexity index is 380. The number of likely N-dealkylation sites (tertiary alicyclic amines) is 1. The third-order valence-electron chi connectivity index (χ3n) is 4.79. The number of aliphatic carboxylic acids is 1. The number of rotatable bonds is 3. The van der Waals surface area contributed by atoms with Gasteiger partial charge in [0.2, 0.25) is 0 Å². The zero-order valence-electron chi connectivity index (χ0n) is 12.3. The number of urea groups is 1. The van der Waals surface area contributed by atoms with E-state index >= 15 is 0 Å². The van der Waals surface area contributed by atoms with Crippen molar-refractivity contribution in [2.75, 3.05) is 26.2 Å². The van der Waals surface area contributed by atoms with E-state index in [0.717, 1.165) is 25.9 Å². The highest BCUT2D eigenvalue weighted by Crippen LogP contribution is 2.38. The lowest BCUT2D eigenvalue weighted by Crippen LogP contribution is -2.49. The number of hydrogen-bond acceptors (Lipinski definition) is 3. The van der Waals surface area contributed by atoms with Gasteiger partial charge in [0.25, 0.3) is 0 Å². The predicted molar refractivity (Wildman–Crippen MR) is 75.5 cm³/mol. The first-order chi connectivity index (χ1) is 9.45. The highest BCUT2D eigenvalue weighted by Gasteiger charge is 2.48. The van der Waals surface area contributed by atoms with Gasteiger partial charge in [0.15, 0.2) is 0 Å². The van der Waals surface area contributed by atoms with Gasteiger partial charge in [-0.25, -0.2) is 4.79 Å². The third-order valence-corrected chi connectivity index (χ3v) is 4.79. The summed E-state index contributed by atoms with van der Waals surface area (Å²) in [6, 6.07) is 0.100. The molecule has 0 aromatic heterocycles. The topological polar surface area (TPSA) is 81.7 Å². The second-order valence-electron chi connectivity index (χ2n) is 6.26. The van der Waals surface area contributed by atoms with Crippen molar-refractivity contribution in [2.24, 2.45) is 11.3 Å². The molecule has 2 aliphatic heterocycles. The molecular weight excluding hydrogens is 258 g/mol. The molecule has 6 heteroatoms. The first-order valence-corrected chi connectivity index (χ1v) is 7.45. The maximum absolute atomic E-state index is 12.2. The zero-order valence-corrected chi connectivity index (χ0v) is 12.3. The molecule has 0 aliphatic carbocycles. The monoisotopic (exact) mass is 283 g/mol. The molecule has 20 heavy (non-hydrogen) atoms. The van der Waals surface area contributed by atoms with Gasteiger partial charge in [0.05, 0.1) is 5.41 Å². The van der Waals surface area contributed by atoms with Crippen molar-refractivity contribution in [2.45, 2.75) is 39.2 Å². The number of amides is 2. The van der Waals surface area contributed by atoms with Crippen molar-refractivity contribution in [1.82, 2.24) is 15.5 Å². The molecule has 2 fully saturated rings. The minimum absolute atomic E-state index is 0.0247. The van der Waals surface area contributed by atoms with E-state index in [2.05, 4.69) is 10.6 Å². The number of carbonyl (C=O) groups excluding carboxylic acids is 1. The Balaban J connectivity index is 1.94. The summed E-state index contributed by atoms with van der Waals surface area (Å²) < 4.78 is 0. The SMILES string of the molecule is CC(C)C1(C(=O)O)CCN(C(=O)NC2CCNCC2)C1. The number of piperidine rings is 1. The summed E-state index contributed by atoms with van der Waals surface area (Å²) >= 11 is 0. The molecule has 2 aliphatic rings. The highest BCUT2D eigenvalue weighted by atomic mass is 16.4. The number of carbonyl (C=O) groups is 2. The van der Waals surface area contributed by atoms with Crippen LogP contribution in [0.5, 0.6) is 0 Å². The van der Waals surface area contributed by atoms with E-state index in [1.807, 2.05) is 13.8 Å². The van der Waals surface area contributed by atoms with Gasteiger partial charge in [-0.2, -0.15) is 0 Å². The average Bonchev–Trinajstić information content (AvgIpc) is 2.86. The molecule has 2 amide bonds. The van der Waals surface area contributed by atoms with Crippen molar-refractivity contribution in [3.8, 4) is 0 Å².